The molecule has 0 saturated heterocycles. The van der Waals surface area contributed by atoms with Crippen molar-refractivity contribution in [3.05, 3.63) is 18.7 Å². The molecule has 1 heterocycles. The maximum atomic E-state index is 9.75. The third-order valence-corrected chi connectivity index (χ3v) is 1.59. The van der Waals surface area contributed by atoms with Gasteiger partial charge in [0.25, 0.3) is 0 Å². The molecule has 2 nitrogen and oxygen atoms in total. The lowest BCUT2D eigenvalue weighted by Crippen LogP contribution is -2.23. The normalized spacial score (nSPS) is 9.53. The van der Waals surface area contributed by atoms with E-state index in [4.69, 9.17) is 0 Å². The zero-order valence-corrected chi connectivity index (χ0v) is 11.8. The molecule has 99 valence electrons. The predicted octanol–water partition coefficient (Wildman–Crippen LogP) is 2.45. The van der Waals surface area contributed by atoms with Gasteiger partial charge < -0.3 is 17.3 Å². The van der Waals surface area contributed by atoms with Gasteiger partial charge in [-0.25, -0.2) is 9.13 Å². The highest BCUT2D eigenvalue weighted by Crippen LogP contribution is 2.06. The smallest absolute Gasteiger partial charge is 0.418 e. The Hall–Kier alpha value is -0.183. The van der Waals surface area contributed by atoms with Gasteiger partial charge in [0.15, 0.2) is 0 Å². The molecule has 0 aliphatic rings. The summed E-state index contributed by atoms with van der Waals surface area (Å²) in [6.45, 7) is 3.36. The zero-order valence-electron chi connectivity index (χ0n) is 9.82. The Labute approximate surface area is 116 Å². The summed E-state index contributed by atoms with van der Waals surface area (Å²) in [6, 6.07) is 0. The number of hydrogen-bond acceptors (Lipinski definition) is 0. The summed E-state index contributed by atoms with van der Waals surface area (Å²) in [7, 11) is -3.96. The molecule has 0 N–H and O–H groups in total. The van der Waals surface area contributed by atoms with Crippen LogP contribution in [0.15, 0.2) is 18.7 Å². The summed E-state index contributed by atoms with van der Waals surface area (Å²) in [5, 5.41) is 0. The SMILES string of the molecule is CCCCn1cc[n+](C)c1.Cl.F[B-](F)(F)F.[Al]. The van der Waals surface area contributed by atoms with E-state index in [0.29, 0.717) is 0 Å². The Kier molecular flexibility index (Phi) is 14.2. The molecule has 0 spiro atoms. The van der Waals surface area contributed by atoms with Crippen molar-refractivity contribution in [2.45, 2.75) is 26.3 Å². The minimum atomic E-state index is -6.00. The van der Waals surface area contributed by atoms with Crippen LogP contribution in [-0.2, 0) is 13.6 Å². The van der Waals surface area contributed by atoms with Gasteiger partial charge >= 0.3 is 7.25 Å². The van der Waals surface area contributed by atoms with Crippen LogP contribution in [0.5, 0.6) is 0 Å². The second-order valence-electron chi connectivity index (χ2n) is 3.17. The van der Waals surface area contributed by atoms with E-state index in [1.165, 1.54) is 12.8 Å². The fourth-order valence-electron chi connectivity index (χ4n) is 0.975. The van der Waals surface area contributed by atoms with Crippen LogP contribution in [0.25, 0.3) is 0 Å². The Morgan fingerprint density at radius 3 is 2.00 bits per heavy atom. The van der Waals surface area contributed by atoms with Gasteiger partial charge in [0.1, 0.15) is 12.4 Å². The molecule has 1 aromatic heterocycles. The maximum Gasteiger partial charge on any atom is 0.673 e. The molecule has 0 fully saturated rings. The van der Waals surface area contributed by atoms with E-state index in [9.17, 15) is 17.3 Å². The van der Waals surface area contributed by atoms with Gasteiger partial charge in [-0.2, -0.15) is 0 Å². The molecule has 0 atom stereocenters. The third-order valence-electron chi connectivity index (χ3n) is 1.59. The van der Waals surface area contributed by atoms with Crippen molar-refractivity contribution in [2.75, 3.05) is 0 Å². The molecular weight excluding hydrogens is 273 g/mol. The summed E-state index contributed by atoms with van der Waals surface area (Å²) in [5.74, 6) is 0. The number of nitrogens with zero attached hydrogens (tertiary/aromatic N) is 2. The first-order valence-electron chi connectivity index (χ1n) is 4.71. The molecule has 1 rings (SSSR count). The number of imidazole rings is 1. The standard InChI is InChI=1S/C8H15N2.Al.BF4.ClH/c1-3-4-5-10-7-6-9(2)8-10;;2-1(3,4)5;/h6-8H,3-5H2,1-2H3;;;1H/q+1;;-1;. The lowest BCUT2D eigenvalue weighted by atomic mass is 10.3. The highest BCUT2D eigenvalue weighted by Gasteiger charge is 2.20. The summed E-state index contributed by atoms with van der Waals surface area (Å²) in [5.41, 5.74) is 0. The zero-order chi connectivity index (χ0) is 11.9. The van der Waals surface area contributed by atoms with Crippen molar-refractivity contribution < 1.29 is 21.8 Å². The Balaban J connectivity index is -0.000000247. The van der Waals surface area contributed by atoms with Crippen LogP contribution in [0.3, 0.4) is 0 Å². The number of aromatic nitrogens is 2. The molecule has 0 aliphatic heterocycles. The largest absolute Gasteiger partial charge is 0.673 e. The van der Waals surface area contributed by atoms with E-state index < -0.39 is 7.25 Å². The Morgan fingerprint density at radius 1 is 1.24 bits per heavy atom. The van der Waals surface area contributed by atoms with Gasteiger partial charge in [-0.1, -0.05) is 13.3 Å². The minimum absolute atomic E-state index is 0. The Morgan fingerprint density at radius 2 is 1.71 bits per heavy atom. The summed E-state index contributed by atoms with van der Waals surface area (Å²) < 4.78 is 43.3. The third kappa shape index (κ3) is 18.4. The molecule has 0 unspecified atom stereocenters. The lowest BCUT2D eigenvalue weighted by molar-refractivity contribution is -0.671. The molecule has 0 amide bonds. The number of rotatable bonds is 3. The molecule has 3 radical (unpaired) electrons. The van der Waals surface area contributed by atoms with Crippen molar-refractivity contribution in [2.24, 2.45) is 7.05 Å². The second kappa shape index (κ2) is 10.9. The summed E-state index contributed by atoms with van der Waals surface area (Å²) in [4.78, 5) is 0. The molecular formula is C8H16AlBClF4N2. The lowest BCUT2D eigenvalue weighted by Gasteiger charge is -1.94. The van der Waals surface area contributed by atoms with Crippen molar-refractivity contribution >= 4 is 37.0 Å². The summed E-state index contributed by atoms with van der Waals surface area (Å²) >= 11 is 0. The van der Waals surface area contributed by atoms with Crippen LogP contribution in [-0.4, -0.2) is 29.2 Å². The first-order chi connectivity index (χ1) is 6.83. The van der Waals surface area contributed by atoms with Gasteiger partial charge in [0.05, 0.1) is 13.6 Å². The van der Waals surface area contributed by atoms with Gasteiger partial charge in [-0.3, -0.25) is 0 Å². The van der Waals surface area contributed by atoms with E-state index in [1.807, 2.05) is 7.05 Å². The minimum Gasteiger partial charge on any atom is -0.418 e. The van der Waals surface area contributed by atoms with E-state index in [-0.39, 0.29) is 29.8 Å². The average molecular weight is 289 g/mol. The van der Waals surface area contributed by atoms with Crippen LogP contribution in [0, 0.1) is 0 Å². The Bertz CT molecular complexity index is 277. The van der Waals surface area contributed by atoms with E-state index >= 15 is 0 Å². The molecule has 9 heteroatoms. The first-order valence-corrected chi connectivity index (χ1v) is 4.71. The van der Waals surface area contributed by atoms with Crippen molar-refractivity contribution in [1.29, 1.82) is 0 Å². The maximum absolute atomic E-state index is 9.75. The van der Waals surface area contributed by atoms with Crippen LogP contribution in [0.1, 0.15) is 19.8 Å². The van der Waals surface area contributed by atoms with Crippen LogP contribution < -0.4 is 4.57 Å². The van der Waals surface area contributed by atoms with Crippen molar-refractivity contribution in [3.63, 3.8) is 0 Å². The number of hydrogen-bond donors (Lipinski definition) is 0. The van der Waals surface area contributed by atoms with Crippen LogP contribution in [0.2, 0.25) is 0 Å². The van der Waals surface area contributed by atoms with Gasteiger partial charge in [0.2, 0.25) is 6.33 Å². The van der Waals surface area contributed by atoms with Crippen molar-refractivity contribution in [3.8, 4) is 0 Å². The molecule has 17 heavy (non-hydrogen) atoms. The summed E-state index contributed by atoms with van der Waals surface area (Å²) in [6.07, 6.45) is 8.82. The fourth-order valence-corrected chi connectivity index (χ4v) is 0.975. The molecule has 0 aromatic carbocycles. The average Bonchev–Trinajstić information content (AvgIpc) is 2.45. The molecule has 1 aromatic rings. The topological polar surface area (TPSA) is 8.81 Å². The molecule has 0 bridgehead atoms. The van der Waals surface area contributed by atoms with Gasteiger partial charge in [-0.05, 0) is 6.42 Å². The van der Waals surface area contributed by atoms with E-state index in [0.717, 1.165) is 6.54 Å². The molecule has 0 saturated carbocycles. The first kappa shape index (κ1) is 22.0. The number of aryl methyl sites for hydroxylation is 2. The quantitative estimate of drug-likeness (QED) is 0.459. The van der Waals surface area contributed by atoms with Crippen molar-refractivity contribution in [1.82, 2.24) is 4.57 Å². The highest BCUT2D eigenvalue weighted by molar-refractivity contribution is 6.50. The van der Waals surface area contributed by atoms with Gasteiger partial charge in [0, 0.05) is 17.4 Å². The monoisotopic (exact) mass is 289 g/mol. The fraction of sp³-hybridized carbons (Fsp3) is 0.625. The highest BCUT2D eigenvalue weighted by atomic mass is 35.5. The van der Waals surface area contributed by atoms with Crippen LogP contribution in [0.4, 0.5) is 17.3 Å². The van der Waals surface area contributed by atoms with E-state index in [2.05, 4.69) is 34.8 Å². The second-order valence-corrected chi connectivity index (χ2v) is 3.17. The predicted molar refractivity (Wildman–Crippen MR) is 63.7 cm³/mol. The number of halogens is 5. The number of unbranched alkanes of at least 4 members (excludes halogenated alkanes) is 1. The molecule has 0 aliphatic carbocycles. The van der Waals surface area contributed by atoms with Crippen LogP contribution >= 0.6 is 12.4 Å². The van der Waals surface area contributed by atoms with E-state index in [1.54, 1.807) is 0 Å². The van der Waals surface area contributed by atoms with Gasteiger partial charge in [-0.15, -0.1) is 12.4 Å².